The molecule has 0 radical (unpaired) electrons. The summed E-state index contributed by atoms with van der Waals surface area (Å²) in [4.78, 5) is 11.9. The van der Waals surface area contributed by atoms with Crippen molar-refractivity contribution in [3.8, 4) is 11.5 Å². The predicted molar refractivity (Wildman–Crippen MR) is 105 cm³/mol. The Hall–Kier alpha value is -1.46. The summed E-state index contributed by atoms with van der Waals surface area (Å²) in [6.07, 6.45) is 2.35. The fourth-order valence-electron chi connectivity index (χ4n) is 2.18. The maximum Gasteiger partial charge on any atom is 0.258 e. The number of benzene rings is 1. The summed E-state index contributed by atoms with van der Waals surface area (Å²) >= 11 is 0. The molecule has 25 heavy (non-hydrogen) atoms. The van der Waals surface area contributed by atoms with E-state index in [1.165, 1.54) is 12.8 Å². The van der Waals surface area contributed by atoms with Crippen LogP contribution in [-0.4, -0.2) is 31.2 Å². The Morgan fingerprint density at radius 2 is 1.84 bits per heavy atom. The maximum atomic E-state index is 11.9. The molecule has 0 fully saturated rings. The van der Waals surface area contributed by atoms with Crippen LogP contribution in [0.25, 0.3) is 0 Å². The second-order valence-electron chi connectivity index (χ2n) is 6.83. The van der Waals surface area contributed by atoms with Crippen molar-refractivity contribution in [2.24, 2.45) is 0 Å². The number of ether oxygens (including phenoxy) is 2. The molecule has 0 unspecified atom stereocenters. The van der Waals surface area contributed by atoms with Gasteiger partial charge < -0.3 is 20.1 Å². The van der Waals surface area contributed by atoms with Gasteiger partial charge >= 0.3 is 0 Å². The van der Waals surface area contributed by atoms with Crippen LogP contribution < -0.4 is 20.1 Å². The largest absolute Gasteiger partial charge is 0.490 e. The van der Waals surface area contributed by atoms with Crippen molar-refractivity contribution in [1.29, 1.82) is 0 Å². The van der Waals surface area contributed by atoms with Gasteiger partial charge in [-0.25, -0.2) is 0 Å². The third-order valence-corrected chi connectivity index (χ3v) is 3.22. The SMILES string of the molecule is CCCCNCc1ccc(OCC(=O)NC(C)(C)C)c(OCC)c1.Cl. The minimum atomic E-state index is -0.267. The molecule has 0 aliphatic heterocycles. The summed E-state index contributed by atoms with van der Waals surface area (Å²) in [5.74, 6) is 1.13. The number of nitrogens with one attached hydrogen (secondary N) is 2. The van der Waals surface area contributed by atoms with Crippen LogP contribution in [-0.2, 0) is 11.3 Å². The lowest BCUT2D eigenvalue weighted by molar-refractivity contribution is -0.124. The Labute approximate surface area is 158 Å². The standard InChI is InChI=1S/C19H32N2O3.ClH/c1-6-8-11-20-13-15-9-10-16(17(12-15)23-7-2)24-14-18(22)21-19(3,4)5;/h9-10,12,20H,6-8,11,13-14H2,1-5H3,(H,21,22);1H. The van der Waals surface area contributed by atoms with Crippen molar-refractivity contribution in [2.45, 2.75) is 59.5 Å². The number of rotatable bonds is 10. The molecule has 1 aromatic rings. The van der Waals surface area contributed by atoms with Crippen LogP contribution in [0.5, 0.6) is 11.5 Å². The number of unbranched alkanes of at least 4 members (excludes halogenated alkanes) is 1. The third-order valence-electron chi connectivity index (χ3n) is 3.22. The molecule has 0 spiro atoms. The van der Waals surface area contributed by atoms with E-state index in [2.05, 4.69) is 17.6 Å². The Bertz CT molecular complexity index is 516. The van der Waals surface area contributed by atoms with Crippen LogP contribution in [0.1, 0.15) is 53.0 Å². The molecule has 0 bridgehead atoms. The van der Waals surface area contributed by atoms with E-state index in [-0.39, 0.29) is 30.5 Å². The first-order valence-corrected chi connectivity index (χ1v) is 8.76. The van der Waals surface area contributed by atoms with Gasteiger partial charge in [-0.05, 0) is 58.4 Å². The van der Waals surface area contributed by atoms with Crippen LogP contribution in [0, 0.1) is 0 Å². The van der Waals surface area contributed by atoms with Crippen molar-refractivity contribution in [1.82, 2.24) is 10.6 Å². The minimum absolute atomic E-state index is 0. The summed E-state index contributed by atoms with van der Waals surface area (Å²) in [7, 11) is 0. The number of halogens is 1. The topological polar surface area (TPSA) is 59.6 Å². The molecule has 0 heterocycles. The van der Waals surface area contributed by atoms with Gasteiger partial charge in [-0.1, -0.05) is 19.4 Å². The zero-order valence-electron chi connectivity index (χ0n) is 16.1. The first-order chi connectivity index (χ1) is 11.4. The minimum Gasteiger partial charge on any atom is -0.490 e. The van der Waals surface area contributed by atoms with E-state index in [9.17, 15) is 4.79 Å². The normalized spacial score (nSPS) is 10.8. The average Bonchev–Trinajstić information content (AvgIpc) is 2.49. The molecule has 0 aliphatic rings. The zero-order valence-corrected chi connectivity index (χ0v) is 16.9. The highest BCUT2D eigenvalue weighted by Crippen LogP contribution is 2.28. The number of hydrogen-bond donors (Lipinski definition) is 2. The molecular formula is C19H33ClN2O3. The molecule has 0 saturated carbocycles. The molecule has 2 N–H and O–H groups in total. The molecule has 144 valence electrons. The molecule has 5 nitrogen and oxygen atoms in total. The van der Waals surface area contributed by atoms with Crippen molar-refractivity contribution in [3.05, 3.63) is 23.8 Å². The van der Waals surface area contributed by atoms with Crippen molar-refractivity contribution in [3.63, 3.8) is 0 Å². The predicted octanol–water partition coefficient (Wildman–Crippen LogP) is 3.69. The monoisotopic (exact) mass is 372 g/mol. The highest BCUT2D eigenvalue weighted by Gasteiger charge is 2.15. The molecule has 0 aromatic heterocycles. The fraction of sp³-hybridized carbons (Fsp3) is 0.632. The van der Waals surface area contributed by atoms with E-state index in [0.29, 0.717) is 18.1 Å². The van der Waals surface area contributed by atoms with Gasteiger partial charge in [0, 0.05) is 12.1 Å². The number of hydrogen-bond acceptors (Lipinski definition) is 4. The Morgan fingerprint density at radius 3 is 2.44 bits per heavy atom. The van der Waals surface area contributed by atoms with E-state index in [0.717, 1.165) is 18.7 Å². The fourth-order valence-corrected chi connectivity index (χ4v) is 2.18. The quantitative estimate of drug-likeness (QED) is 0.615. The van der Waals surface area contributed by atoms with Crippen LogP contribution in [0.3, 0.4) is 0 Å². The average molecular weight is 373 g/mol. The summed E-state index contributed by atoms with van der Waals surface area (Å²) < 4.78 is 11.3. The van der Waals surface area contributed by atoms with Gasteiger partial charge in [-0.15, -0.1) is 12.4 Å². The van der Waals surface area contributed by atoms with E-state index < -0.39 is 0 Å². The highest BCUT2D eigenvalue weighted by molar-refractivity contribution is 5.85. The molecule has 1 amide bonds. The van der Waals surface area contributed by atoms with Crippen LogP contribution in [0.2, 0.25) is 0 Å². The zero-order chi connectivity index (χ0) is 18.0. The summed E-state index contributed by atoms with van der Waals surface area (Å²) in [5, 5.41) is 6.28. The van der Waals surface area contributed by atoms with E-state index in [1.807, 2.05) is 45.9 Å². The van der Waals surface area contributed by atoms with Gasteiger partial charge in [-0.3, -0.25) is 4.79 Å². The molecule has 1 rings (SSSR count). The second-order valence-corrected chi connectivity index (χ2v) is 6.83. The number of carbonyl (C=O) groups excluding carboxylic acids is 1. The smallest absolute Gasteiger partial charge is 0.258 e. The number of carbonyl (C=O) groups is 1. The van der Waals surface area contributed by atoms with Crippen LogP contribution >= 0.6 is 12.4 Å². The maximum absolute atomic E-state index is 11.9. The molecule has 6 heteroatoms. The molecular weight excluding hydrogens is 340 g/mol. The van der Waals surface area contributed by atoms with Crippen LogP contribution in [0.15, 0.2) is 18.2 Å². The van der Waals surface area contributed by atoms with Gasteiger partial charge in [0.05, 0.1) is 6.61 Å². The summed E-state index contributed by atoms with van der Waals surface area (Å²) in [6, 6.07) is 5.84. The first-order valence-electron chi connectivity index (χ1n) is 8.76. The van der Waals surface area contributed by atoms with Gasteiger partial charge in [0.2, 0.25) is 0 Å². The van der Waals surface area contributed by atoms with Crippen molar-refractivity contribution in [2.75, 3.05) is 19.8 Å². The van der Waals surface area contributed by atoms with Gasteiger partial charge in [-0.2, -0.15) is 0 Å². The molecule has 0 atom stereocenters. The second kappa shape index (κ2) is 12.0. The summed E-state index contributed by atoms with van der Waals surface area (Å²) in [5.41, 5.74) is 0.873. The van der Waals surface area contributed by atoms with Gasteiger partial charge in [0.15, 0.2) is 18.1 Å². The highest BCUT2D eigenvalue weighted by atomic mass is 35.5. The van der Waals surface area contributed by atoms with Crippen LogP contribution in [0.4, 0.5) is 0 Å². The summed E-state index contributed by atoms with van der Waals surface area (Å²) in [6.45, 7) is 12.3. The van der Waals surface area contributed by atoms with Gasteiger partial charge in [0.1, 0.15) is 0 Å². The van der Waals surface area contributed by atoms with E-state index >= 15 is 0 Å². The first kappa shape index (κ1) is 23.5. The Morgan fingerprint density at radius 1 is 1.12 bits per heavy atom. The lowest BCUT2D eigenvalue weighted by Crippen LogP contribution is -2.43. The lowest BCUT2D eigenvalue weighted by atomic mass is 10.1. The van der Waals surface area contributed by atoms with Gasteiger partial charge in [0.25, 0.3) is 5.91 Å². The Balaban J connectivity index is 0.00000576. The molecule has 0 aliphatic carbocycles. The third kappa shape index (κ3) is 10.2. The lowest BCUT2D eigenvalue weighted by Gasteiger charge is -2.21. The molecule has 0 saturated heterocycles. The van der Waals surface area contributed by atoms with E-state index in [4.69, 9.17) is 9.47 Å². The molecule has 1 aromatic carbocycles. The Kier molecular flexibility index (Phi) is 11.3. The van der Waals surface area contributed by atoms with Crippen molar-refractivity contribution >= 4 is 18.3 Å². The van der Waals surface area contributed by atoms with E-state index in [1.54, 1.807) is 0 Å². The van der Waals surface area contributed by atoms with Crippen molar-refractivity contribution < 1.29 is 14.3 Å². The number of amides is 1.